The molecular formula is C15H20N2O3. The lowest BCUT2D eigenvalue weighted by molar-refractivity contribution is -0.385. The molecule has 0 radical (unpaired) electrons. The monoisotopic (exact) mass is 276 g/mol. The Labute approximate surface area is 118 Å². The van der Waals surface area contributed by atoms with E-state index in [0.29, 0.717) is 11.1 Å². The van der Waals surface area contributed by atoms with E-state index in [1.54, 1.807) is 19.1 Å². The van der Waals surface area contributed by atoms with Crippen LogP contribution in [0.5, 0.6) is 0 Å². The number of rotatable bonds is 2. The zero-order valence-electron chi connectivity index (χ0n) is 11.8. The minimum Gasteiger partial charge on any atom is -0.339 e. The molecule has 0 atom stereocenters. The number of hydrogen-bond donors (Lipinski definition) is 0. The normalized spacial score (nSPS) is 16.4. The largest absolute Gasteiger partial charge is 0.339 e. The molecule has 108 valence electrons. The van der Waals surface area contributed by atoms with Crippen molar-refractivity contribution in [3.63, 3.8) is 0 Å². The van der Waals surface area contributed by atoms with Crippen LogP contribution < -0.4 is 0 Å². The topological polar surface area (TPSA) is 63.5 Å². The van der Waals surface area contributed by atoms with E-state index in [1.165, 1.54) is 12.5 Å². The van der Waals surface area contributed by atoms with Gasteiger partial charge in [-0.25, -0.2) is 0 Å². The van der Waals surface area contributed by atoms with Gasteiger partial charge in [0.1, 0.15) is 0 Å². The Bertz CT molecular complexity index is 506. The van der Waals surface area contributed by atoms with E-state index < -0.39 is 4.92 Å². The third-order valence-corrected chi connectivity index (χ3v) is 3.80. The smallest absolute Gasteiger partial charge is 0.273 e. The fraction of sp³-hybridized carbons (Fsp3) is 0.533. The standard InChI is InChI=1S/C15H20N2O3/c1-12-7-8-13(11-14(12)17(19)20)15(18)16-9-5-3-2-4-6-10-16/h7-8,11H,2-6,9-10H2,1H3. The Kier molecular flexibility index (Phi) is 4.71. The van der Waals surface area contributed by atoms with E-state index in [-0.39, 0.29) is 11.6 Å². The minimum atomic E-state index is -0.431. The molecule has 1 fully saturated rings. The van der Waals surface area contributed by atoms with Gasteiger partial charge >= 0.3 is 0 Å². The summed E-state index contributed by atoms with van der Waals surface area (Å²) >= 11 is 0. The summed E-state index contributed by atoms with van der Waals surface area (Å²) in [6.07, 6.45) is 5.56. The lowest BCUT2D eigenvalue weighted by atomic mass is 10.1. The highest BCUT2D eigenvalue weighted by Crippen LogP contribution is 2.21. The van der Waals surface area contributed by atoms with E-state index >= 15 is 0 Å². The summed E-state index contributed by atoms with van der Waals surface area (Å²) in [5.41, 5.74) is 1.02. The molecule has 5 heteroatoms. The van der Waals surface area contributed by atoms with Crippen LogP contribution in [0.15, 0.2) is 18.2 Å². The molecule has 0 aliphatic carbocycles. The van der Waals surface area contributed by atoms with Gasteiger partial charge in [-0.1, -0.05) is 25.3 Å². The Morgan fingerprint density at radius 3 is 2.35 bits per heavy atom. The van der Waals surface area contributed by atoms with E-state index in [9.17, 15) is 14.9 Å². The molecule has 1 amide bonds. The number of carbonyl (C=O) groups is 1. The highest BCUT2D eigenvalue weighted by Gasteiger charge is 2.20. The fourth-order valence-corrected chi connectivity index (χ4v) is 2.57. The van der Waals surface area contributed by atoms with Crippen molar-refractivity contribution in [1.29, 1.82) is 0 Å². The van der Waals surface area contributed by atoms with Crippen LogP contribution in [0.4, 0.5) is 5.69 Å². The van der Waals surface area contributed by atoms with Crippen LogP contribution in [-0.2, 0) is 0 Å². The van der Waals surface area contributed by atoms with Crippen molar-refractivity contribution in [2.45, 2.75) is 39.0 Å². The van der Waals surface area contributed by atoms with Gasteiger partial charge in [-0.2, -0.15) is 0 Å². The summed E-state index contributed by atoms with van der Waals surface area (Å²) in [5, 5.41) is 11.0. The molecule has 20 heavy (non-hydrogen) atoms. The number of benzene rings is 1. The molecule has 0 spiro atoms. The predicted molar refractivity (Wildman–Crippen MR) is 76.8 cm³/mol. The van der Waals surface area contributed by atoms with Gasteiger partial charge in [0.2, 0.25) is 0 Å². The summed E-state index contributed by atoms with van der Waals surface area (Å²) in [6, 6.07) is 4.73. The van der Waals surface area contributed by atoms with Crippen LogP contribution in [0.25, 0.3) is 0 Å². The van der Waals surface area contributed by atoms with Gasteiger partial charge in [-0.05, 0) is 25.8 Å². The Hall–Kier alpha value is -1.91. The molecule has 1 aromatic carbocycles. The van der Waals surface area contributed by atoms with Gasteiger partial charge in [-0.15, -0.1) is 0 Å². The van der Waals surface area contributed by atoms with Crippen molar-refractivity contribution >= 4 is 11.6 Å². The average Bonchev–Trinajstić information content (AvgIpc) is 2.38. The van der Waals surface area contributed by atoms with Crippen molar-refractivity contribution in [2.24, 2.45) is 0 Å². The summed E-state index contributed by atoms with van der Waals surface area (Å²) in [7, 11) is 0. The molecular weight excluding hydrogens is 256 g/mol. The zero-order chi connectivity index (χ0) is 14.5. The summed E-state index contributed by atoms with van der Waals surface area (Å²) < 4.78 is 0. The highest BCUT2D eigenvalue weighted by atomic mass is 16.6. The number of aryl methyl sites for hydroxylation is 1. The first-order valence-corrected chi connectivity index (χ1v) is 7.14. The lowest BCUT2D eigenvalue weighted by Crippen LogP contribution is -2.33. The van der Waals surface area contributed by atoms with Gasteiger partial charge < -0.3 is 4.90 Å². The third-order valence-electron chi connectivity index (χ3n) is 3.80. The average molecular weight is 276 g/mol. The summed E-state index contributed by atoms with van der Waals surface area (Å²) in [5.74, 6) is -0.0880. The number of likely N-dealkylation sites (tertiary alicyclic amines) is 1. The molecule has 1 saturated heterocycles. The molecule has 0 unspecified atom stereocenters. The Morgan fingerprint density at radius 1 is 1.15 bits per heavy atom. The van der Waals surface area contributed by atoms with Crippen LogP contribution in [0, 0.1) is 17.0 Å². The summed E-state index contributed by atoms with van der Waals surface area (Å²) in [4.78, 5) is 24.8. The number of amides is 1. The number of nitro benzene ring substituents is 1. The van der Waals surface area contributed by atoms with Crippen molar-refractivity contribution in [3.8, 4) is 0 Å². The van der Waals surface area contributed by atoms with Crippen molar-refractivity contribution in [2.75, 3.05) is 13.1 Å². The first-order chi connectivity index (χ1) is 9.59. The highest BCUT2D eigenvalue weighted by molar-refractivity contribution is 5.95. The predicted octanol–water partition coefficient (Wildman–Crippen LogP) is 3.31. The van der Waals surface area contributed by atoms with Gasteiger partial charge in [-0.3, -0.25) is 14.9 Å². The quantitative estimate of drug-likeness (QED) is 0.615. The molecule has 1 aliphatic rings. The molecule has 0 saturated carbocycles. The first-order valence-electron chi connectivity index (χ1n) is 7.14. The number of hydrogen-bond acceptors (Lipinski definition) is 3. The zero-order valence-corrected chi connectivity index (χ0v) is 11.8. The van der Waals surface area contributed by atoms with Gasteiger partial charge in [0.25, 0.3) is 11.6 Å². The molecule has 0 bridgehead atoms. The van der Waals surface area contributed by atoms with Gasteiger partial charge in [0.15, 0.2) is 0 Å². The second-order valence-corrected chi connectivity index (χ2v) is 5.32. The number of nitrogens with zero attached hydrogens (tertiary/aromatic N) is 2. The van der Waals surface area contributed by atoms with Crippen LogP contribution in [-0.4, -0.2) is 28.8 Å². The molecule has 2 rings (SSSR count). The van der Waals surface area contributed by atoms with E-state index in [1.807, 2.05) is 4.90 Å². The molecule has 0 N–H and O–H groups in total. The maximum Gasteiger partial charge on any atom is 0.273 e. The van der Waals surface area contributed by atoms with Gasteiger partial charge in [0.05, 0.1) is 4.92 Å². The molecule has 1 aliphatic heterocycles. The van der Waals surface area contributed by atoms with Crippen LogP contribution >= 0.6 is 0 Å². The van der Waals surface area contributed by atoms with E-state index in [0.717, 1.165) is 38.8 Å². The molecule has 5 nitrogen and oxygen atoms in total. The SMILES string of the molecule is Cc1ccc(C(=O)N2CCCCCCC2)cc1[N+](=O)[O-]. The number of nitro groups is 1. The molecule has 0 aromatic heterocycles. The minimum absolute atomic E-state index is 0.0166. The summed E-state index contributed by atoms with van der Waals surface area (Å²) in [6.45, 7) is 3.18. The maximum absolute atomic E-state index is 12.5. The van der Waals surface area contributed by atoms with Crippen molar-refractivity contribution < 1.29 is 9.72 Å². The second-order valence-electron chi connectivity index (χ2n) is 5.32. The first kappa shape index (κ1) is 14.5. The van der Waals surface area contributed by atoms with Crippen molar-refractivity contribution in [1.82, 2.24) is 4.90 Å². The van der Waals surface area contributed by atoms with Crippen LogP contribution in [0.1, 0.15) is 48.0 Å². The molecule has 1 aromatic rings. The Morgan fingerprint density at radius 2 is 1.75 bits per heavy atom. The molecule has 1 heterocycles. The third kappa shape index (κ3) is 3.35. The Balaban J connectivity index is 2.19. The van der Waals surface area contributed by atoms with Crippen LogP contribution in [0.2, 0.25) is 0 Å². The fourth-order valence-electron chi connectivity index (χ4n) is 2.57. The number of carbonyl (C=O) groups excluding carboxylic acids is 1. The van der Waals surface area contributed by atoms with Gasteiger partial charge in [0, 0.05) is 30.3 Å². The van der Waals surface area contributed by atoms with E-state index in [2.05, 4.69) is 0 Å². The lowest BCUT2D eigenvalue weighted by Gasteiger charge is -2.24. The van der Waals surface area contributed by atoms with E-state index in [4.69, 9.17) is 0 Å². The maximum atomic E-state index is 12.5. The van der Waals surface area contributed by atoms with Crippen molar-refractivity contribution in [3.05, 3.63) is 39.4 Å². The van der Waals surface area contributed by atoms with Crippen LogP contribution in [0.3, 0.4) is 0 Å². The second kappa shape index (κ2) is 6.50.